The van der Waals surface area contributed by atoms with Crippen LogP contribution in [0.4, 0.5) is 0 Å². The number of fused-ring (bicyclic) bond motifs is 1. The molecule has 0 bridgehead atoms. The Morgan fingerprint density at radius 1 is 1.12 bits per heavy atom. The molecule has 0 radical (unpaired) electrons. The maximum Gasteiger partial charge on any atom is 0.251 e. The zero-order valence-corrected chi connectivity index (χ0v) is 19.1. The first-order valence-corrected chi connectivity index (χ1v) is 10.7. The lowest BCUT2D eigenvalue weighted by Crippen LogP contribution is -2.25. The van der Waals surface area contributed by atoms with Gasteiger partial charge in [0.1, 0.15) is 5.75 Å². The first-order valence-electron chi connectivity index (χ1n) is 10.7. The molecule has 2 N–H and O–H groups in total. The minimum atomic E-state index is -0.179. The van der Waals surface area contributed by atoms with Gasteiger partial charge < -0.3 is 14.8 Å². The van der Waals surface area contributed by atoms with Crippen molar-refractivity contribution in [2.75, 3.05) is 20.3 Å². The van der Waals surface area contributed by atoms with Crippen molar-refractivity contribution in [3.8, 4) is 22.9 Å². The topological polar surface area (TPSA) is 115 Å². The molecule has 0 spiro atoms. The number of hydrogen-bond acceptors (Lipinski definition) is 7. The summed E-state index contributed by atoms with van der Waals surface area (Å²) in [7, 11) is 1.58. The SMILES string of the molecule is CCOc1cc(-c2ccc(C)nc2OC)nc2cc(C(=O)NCCc3[nH]nnc3C)ccc12. The number of amides is 1. The fourth-order valence-corrected chi connectivity index (χ4v) is 3.58. The summed E-state index contributed by atoms with van der Waals surface area (Å²) in [5.41, 5.74) is 5.17. The third kappa shape index (κ3) is 4.77. The van der Waals surface area contributed by atoms with E-state index >= 15 is 0 Å². The highest BCUT2D eigenvalue weighted by atomic mass is 16.5. The second kappa shape index (κ2) is 9.64. The Morgan fingerprint density at radius 2 is 1.97 bits per heavy atom. The van der Waals surface area contributed by atoms with E-state index in [0.717, 1.165) is 28.0 Å². The Kier molecular flexibility index (Phi) is 6.48. The van der Waals surface area contributed by atoms with Gasteiger partial charge in [-0.05, 0) is 51.1 Å². The number of pyridine rings is 2. The summed E-state index contributed by atoms with van der Waals surface area (Å²) in [4.78, 5) is 22.0. The van der Waals surface area contributed by atoms with Crippen LogP contribution >= 0.6 is 0 Å². The van der Waals surface area contributed by atoms with Gasteiger partial charge in [0, 0.05) is 35.7 Å². The van der Waals surface area contributed by atoms with Gasteiger partial charge >= 0.3 is 0 Å². The molecule has 9 nitrogen and oxygen atoms in total. The van der Waals surface area contributed by atoms with Crippen LogP contribution in [-0.4, -0.2) is 51.5 Å². The summed E-state index contributed by atoms with van der Waals surface area (Å²) in [5, 5.41) is 14.3. The Labute approximate surface area is 191 Å². The molecular weight excluding hydrogens is 420 g/mol. The van der Waals surface area contributed by atoms with Crippen molar-refractivity contribution in [2.45, 2.75) is 27.2 Å². The molecule has 1 amide bonds. The van der Waals surface area contributed by atoms with Gasteiger partial charge in [0.05, 0.1) is 41.9 Å². The van der Waals surface area contributed by atoms with Crippen LogP contribution in [0, 0.1) is 13.8 Å². The maximum absolute atomic E-state index is 12.8. The van der Waals surface area contributed by atoms with Gasteiger partial charge in [-0.3, -0.25) is 9.89 Å². The predicted octanol–water partition coefficient (Wildman–Crippen LogP) is 3.41. The Balaban J connectivity index is 1.65. The van der Waals surface area contributed by atoms with E-state index in [-0.39, 0.29) is 5.91 Å². The lowest BCUT2D eigenvalue weighted by Gasteiger charge is -2.13. The molecule has 1 aromatic carbocycles. The molecule has 9 heteroatoms. The second-order valence-corrected chi connectivity index (χ2v) is 7.56. The molecule has 0 saturated heterocycles. The van der Waals surface area contributed by atoms with E-state index < -0.39 is 0 Å². The highest BCUT2D eigenvalue weighted by molar-refractivity contribution is 5.99. The number of methoxy groups -OCH3 is 1. The van der Waals surface area contributed by atoms with Crippen molar-refractivity contribution < 1.29 is 14.3 Å². The van der Waals surface area contributed by atoms with E-state index in [1.807, 2.05) is 45.0 Å². The van der Waals surface area contributed by atoms with E-state index in [1.54, 1.807) is 19.2 Å². The van der Waals surface area contributed by atoms with E-state index in [4.69, 9.17) is 14.5 Å². The fourth-order valence-electron chi connectivity index (χ4n) is 3.58. The molecule has 33 heavy (non-hydrogen) atoms. The van der Waals surface area contributed by atoms with E-state index in [2.05, 4.69) is 25.7 Å². The van der Waals surface area contributed by atoms with E-state index in [1.165, 1.54) is 0 Å². The molecule has 0 fully saturated rings. The van der Waals surface area contributed by atoms with Crippen molar-refractivity contribution >= 4 is 16.8 Å². The number of hydrogen-bond donors (Lipinski definition) is 2. The number of ether oxygens (including phenoxy) is 2. The predicted molar refractivity (Wildman–Crippen MR) is 125 cm³/mol. The summed E-state index contributed by atoms with van der Waals surface area (Å²) in [6.07, 6.45) is 0.620. The van der Waals surface area contributed by atoms with Crippen LogP contribution in [0.5, 0.6) is 11.6 Å². The first-order chi connectivity index (χ1) is 16.0. The van der Waals surface area contributed by atoms with Crippen LogP contribution in [0.1, 0.15) is 34.4 Å². The molecule has 4 rings (SSSR count). The number of carbonyl (C=O) groups is 1. The molecule has 0 aliphatic carbocycles. The monoisotopic (exact) mass is 446 g/mol. The standard InChI is InChI=1S/C24H26N6O3/c1-5-33-22-13-21(18-8-6-14(2)26-24(18)32-4)27-20-12-16(7-9-17(20)22)23(31)25-11-10-19-15(3)28-30-29-19/h6-9,12-13H,5,10-11H2,1-4H3,(H,25,31)(H,28,29,30). The van der Waals surface area contributed by atoms with E-state index in [9.17, 15) is 4.79 Å². The van der Waals surface area contributed by atoms with Crippen molar-refractivity contribution in [2.24, 2.45) is 0 Å². The summed E-state index contributed by atoms with van der Waals surface area (Å²) in [5.74, 6) is 0.998. The quantitative estimate of drug-likeness (QED) is 0.426. The first kappa shape index (κ1) is 22.2. The van der Waals surface area contributed by atoms with Gasteiger partial charge in [-0.2, -0.15) is 0 Å². The number of aromatic amines is 1. The number of benzene rings is 1. The number of aryl methyl sites for hydroxylation is 2. The van der Waals surface area contributed by atoms with Gasteiger partial charge in [-0.1, -0.05) is 5.21 Å². The molecule has 3 heterocycles. The smallest absolute Gasteiger partial charge is 0.251 e. The van der Waals surface area contributed by atoms with Crippen LogP contribution in [0.2, 0.25) is 0 Å². The van der Waals surface area contributed by atoms with Crippen LogP contribution in [0.3, 0.4) is 0 Å². The Bertz CT molecular complexity index is 1300. The highest BCUT2D eigenvalue weighted by Crippen LogP contribution is 2.34. The number of H-pyrrole nitrogens is 1. The summed E-state index contributed by atoms with van der Waals surface area (Å²) in [6, 6.07) is 11.1. The number of carbonyl (C=O) groups excluding carboxylic acids is 1. The maximum atomic E-state index is 12.8. The van der Waals surface area contributed by atoms with Crippen LogP contribution in [-0.2, 0) is 6.42 Å². The Hall–Kier alpha value is -4.01. The number of nitrogens with one attached hydrogen (secondary N) is 2. The molecule has 0 aliphatic rings. The van der Waals surface area contributed by atoms with Gasteiger partial charge in [0.2, 0.25) is 5.88 Å². The number of aromatic nitrogens is 5. The average molecular weight is 447 g/mol. The normalized spacial score (nSPS) is 10.9. The van der Waals surface area contributed by atoms with Gasteiger partial charge in [0.25, 0.3) is 5.91 Å². The van der Waals surface area contributed by atoms with Gasteiger partial charge in [-0.15, -0.1) is 5.10 Å². The van der Waals surface area contributed by atoms with Crippen molar-refractivity contribution in [3.05, 3.63) is 59.0 Å². The minimum Gasteiger partial charge on any atom is -0.493 e. The summed E-state index contributed by atoms with van der Waals surface area (Å²) in [6.45, 7) is 6.68. The third-order valence-electron chi connectivity index (χ3n) is 5.28. The van der Waals surface area contributed by atoms with Crippen LogP contribution < -0.4 is 14.8 Å². The van der Waals surface area contributed by atoms with Gasteiger partial charge in [-0.25, -0.2) is 9.97 Å². The molecule has 4 aromatic rings. The molecule has 0 unspecified atom stereocenters. The minimum absolute atomic E-state index is 0.179. The van der Waals surface area contributed by atoms with Crippen LogP contribution in [0.25, 0.3) is 22.2 Å². The number of rotatable bonds is 8. The molecule has 170 valence electrons. The van der Waals surface area contributed by atoms with E-state index in [0.29, 0.717) is 48.0 Å². The van der Waals surface area contributed by atoms with Gasteiger partial charge in [0.15, 0.2) is 0 Å². The Morgan fingerprint density at radius 3 is 2.70 bits per heavy atom. The number of nitrogens with zero attached hydrogens (tertiary/aromatic N) is 4. The highest BCUT2D eigenvalue weighted by Gasteiger charge is 2.15. The zero-order valence-electron chi connectivity index (χ0n) is 19.1. The van der Waals surface area contributed by atoms with Crippen molar-refractivity contribution in [1.82, 2.24) is 30.7 Å². The molecule has 0 saturated carbocycles. The molecule has 0 aliphatic heterocycles. The van der Waals surface area contributed by atoms with Crippen molar-refractivity contribution in [1.29, 1.82) is 0 Å². The summed E-state index contributed by atoms with van der Waals surface area (Å²) >= 11 is 0. The molecule has 0 atom stereocenters. The second-order valence-electron chi connectivity index (χ2n) is 7.56. The van der Waals surface area contributed by atoms with Crippen molar-refractivity contribution in [3.63, 3.8) is 0 Å². The fraction of sp³-hybridized carbons (Fsp3) is 0.292. The molecular formula is C24H26N6O3. The largest absolute Gasteiger partial charge is 0.493 e. The third-order valence-corrected chi connectivity index (χ3v) is 5.28. The average Bonchev–Trinajstić information content (AvgIpc) is 3.23. The van der Waals surface area contributed by atoms with Crippen LogP contribution in [0.15, 0.2) is 36.4 Å². The zero-order chi connectivity index (χ0) is 23.4. The molecule has 3 aromatic heterocycles. The summed E-state index contributed by atoms with van der Waals surface area (Å²) < 4.78 is 11.3. The lowest BCUT2D eigenvalue weighted by atomic mass is 10.1. The lowest BCUT2D eigenvalue weighted by molar-refractivity contribution is 0.0954.